The van der Waals surface area contributed by atoms with Crippen molar-refractivity contribution in [2.75, 3.05) is 6.61 Å². The van der Waals surface area contributed by atoms with Gasteiger partial charge in [-0.3, -0.25) is 0 Å². The predicted molar refractivity (Wildman–Crippen MR) is 102 cm³/mol. The van der Waals surface area contributed by atoms with Crippen LogP contribution in [0.2, 0.25) is 10.0 Å². The van der Waals surface area contributed by atoms with E-state index in [9.17, 15) is 9.18 Å². The second-order valence-electron chi connectivity index (χ2n) is 5.49. The number of carbonyl (C=O) groups excluding carboxylic acids is 1. The van der Waals surface area contributed by atoms with Crippen LogP contribution in [0.25, 0.3) is 11.3 Å². The van der Waals surface area contributed by atoms with Gasteiger partial charge in [0.15, 0.2) is 0 Å². The van der Waals surface area contributed by atoms with Gasteiger partial charge in [0.25, 0.3) is 0 Å². The predicted octanol–water partition coefficient (Wildman–Crippen LogP) is 6.16. The fourth-order valence-electron chi connectivity index (χ4n) is 2.37. The second-order valence-corrected chi connectivity index (χ2v) is 6.33. The number of ether oxygens (including phenoxy) is 2. The van der Waals surface area contributed by atoms with E-state index < -0.39 is 11.8 Å². The smallest absolute Gasteiger partial charge is 0.338 e. The molecule has 0 saturated carbocycles. The van der Waals surface area contributed by atoms with Gasteiger partial charge >= 0.3 is 5.97 Å². The van der Waals surface area contributed by atoms with Crippen LogP contribution in [-0.4, -0.2) is 17.6 Å². The topological polar surface area (TPSA) is 48.4 Å². The van der Waals surface area contributed by atoms with Gasteiger partial charge in [-0.1, -0.05) is 29.3 Å². The van der Waals surface area contributed by atoms with Gasteiger partial charge in [0.1, 0.15) is 11.6 Å². The quantitative estimate of drug-likeness (QED) is 0.476. The summed E-state index contributed by atoms with van der Waals surface area (Å²) < 4.78 is 24.6. The van der Waals surface area contributed by atoms with Crippen molar-refractivity contribution < 1.29 is 18.7 Å². The Morgan fingerprint density at radius 3 is 2.67 bits per heavy atom. The zero-order chi connectivity index (χ0) is 19.4. The van der Waals surface area contributed by atoms with Crippen LogP contribution < -0.4 is 4.74 Å². The molecule has 1 heterocycles. The van der Waals surface area contributed by atoms with Crippen molar-refractivity contribution in [1.82, 2.24) is 4.98 Å². The van der Waals surface area contributed by atoms with E-state index in [1.54, 1.807) is 43.3 Å². The van der Waals surface area contributed by atoms with Crippen LogP contribution in [0.4, 0.5) is 4.39 Å². The third-order valence-corrected chi connectivity index (χ3v) is 4.07. The molecule has 2 aromatic carbocycles. The van der Waals surface area contributed by atoms with Crippen molar-refractivity contribution in [3.8, 4) is 22.9 Å². The number of benzene rings is 2. The van der Waals surface area contributed by atoms with Crippen molar-refractivity contribution >= 4 is 29.2 Å². The highest BCUT2D eigenvalue weighted by atomic mass is 35.5. The first-order chi connectivity index (χ1) is 13.0. The highest BCUT2D eigenvalue weighted by Gasteiger charge is 2.12. The number of pyridine rings is 1. The number of halogens is 3. The summed E-state index contributed by atoms with van der Waals surface area (Å²) in [5, 5.41) is 0.824. The van der Waals surface area contributed by atoms with E-state index in [0.29, 0.717) is 27.1 Å². The third-order valence-electron chi connectivity index (χ3n) is 3.54. The first-order valence-corrected chi connectivity index (χ1v) is 8.80. The molecule has 1 aromatic heterocycles. The summed E-state index contributed by atoms with van der Waals surface area (Å²) in [5.74, 6) is -0.515. The van der Waals surface area contributed by atoms with E-state index in [4.69, 9.17) is 32.7 Å². The van der Waals surface area contributed by atoms with Crippen LogP contribution in [0.1, 0.15) is 17.3 Å². The molecule has 0 radical (unpaired) electrons. The van der Waals surface area contributed by atoms with Crippen LogP contribution >= 0.6 is 23.2 Å². The molecule has 0 amide bonds. The van der Waals surface area contributed by atoms with Gasteiger partial charge in [-0.05, 0) is 49.4 Å². The maximum atomic E-state index is 14.0. The fraction of sp³-hybridized carbons (Fsp3) is 0.100. The summed E-state index contributed by atoms with van der Waals surface area (Å²) in [4.78, 5) is 16.3. The number of nitrogens with zero attached hydrogens (tertiary/aromatic N) is 1. The molecule has 3 rings (SSSR count). The summed E-state index contributed by atoms with van der Waals surface area (Å²) in [6.07, 6.45) is 0. The van der Waals surface area contributed by atoms with Crippen LogP contribution in [0.5, 0.6) is 11.6 Å². The van der Waals surface area contributed by atoms with Gasteiger partial charge in [-0.2, -0.15) is 0 Å². The zero-order valence-electron chi connectivity index (χ0n) is 14.2. The lowest BCUT2D eigenvalue weighted by Gasteiger charge is -2.09. The summed E-state index contributed by atoms with van der Waals surface area (Å²) in [7, 11) is 0. The minimum atomic E-state index is -0.599. The monoisotopic (exact) mass is 405 g/mol. The molecule has 27 heavy (non-hydrogen) atoms. The van der Waals surface area contributed by atoms with Crippen molar-refractivity contribution in [2.45, 2.75) is 6.92 Å². The number of carbonyl (C=O) groups is 1. The molecule has 0 aliphatic carbocycles. The van der Waals surface area contributed by atoms with Gasteiger partial charge in [0.05, 0.1) is 22.9 Å². The number of hydrogen-bond acceptors (Lipinski definition) is 4. The van der Waals surface area contributed by atoms with Gasteiger partial charge in [0, 0.05) is 16.7 Å². The SMILES string of the molecule is CCOC(=O)c1cc(F)cc(-c2cccc(Oc3ccc(Cl)cc3Cl)n2)c1. The van der Waals surface area contributed by atoms with Crippen molar-refractivity contribution in [2.24, 2.45) is 0 Å². The first-order valence-electron chi connectivity index (χ1n) is 8.04. The lowest BCUT2D eigenvalue weighted by atomic mass is 10.1. The zero-order valence-corrected chi connectivity index (χ0v) is 15.7. The molecule has 138 valence electrons. The Morgan fingerprint density at radius 1 is 1.11 bits per heavy atom. The molecule has 4 nitrogen and oxygen atoms in total. The molecule has 7 heteroatoms. The molecule has 0 N–H and O–H groups in total. The van der Waals surface area contributed by atoms with Crippen LogP contribution in [-0.2, 0) is 4.74 Å². The molecule has 0 fully saturated rings. The molecule has 0 unspecified atom stereocenters. The molecular weight excluding hydrogens is 392 g/mol. The maximum Gasteiger partial charge on any atom is 0.338 e. The normalized spacial score (nSPS) is 10.5. The van der Waals surface area contributed by atoms with E-state index in [1.165, 1.54) is 12.1 Å². The fourth-order valence-corrected chi connectivity index (χ4v) is 2.82. The van der Waals surface area contributed by atoms with Crippen molar-refractivity contribution in [3.05, 3.63) is 76.0 Å². The summed E-state index contributed by atoms with van der Waals surface area (Å²) in [6, 6.07) is 13.8. The largest absolute Gasteiger partial charge is 0.462 e. The Kier molecular flexibility index (Phi) is 5.94. The average Bonchev–Trinajstić information content (AvgIpc) is 2.64. The Bertz CT molecular complexity index is 995. The van der Waals surface area contributed by atoms with Gasteiger partial charge in [-0.15, -0.1) is 0 Å². The highest BCUT2D eigenvalue weighted by Crippen LogP contribution is 2.32. The minimum Gasteiger partial charge on any atom is -0.462 e. The van der Waals surface area contributed by atoms with E-state index >= 15 is 0 Å². The van der Waals surface area contributed by atoms with Crippen LogP contribution in [0.15, 0.2) is 54.6 Å². The van der Waals surface area contributed by atoms with Gasteiger partial charge in [0.2, 0.25) is 5.88 Å². The van der Waals surface area contributed by atoms with E-state index in [2.05, 4.69) is 4.98 Å². The molecule has 0 atom stereocenters. The first kappa shape index (κ1) is 19.1. The standard InChI is InChI=1S/C20H14Cl2FNO3/c1-2-26-20(25)13-8-12(9-15(23)10-13)17-4-3-5-19(24-17)27-18-7-6-14(21)11-16(18)22/h3-11H,2H2,1H3. The van der Waals surface area contributed by atoms with Gasteiger partial charge in [-0.25, -0.2) is 14.2 Å². The summed E-state index contributed by atoms with van der Waals surface area (Å²) >= 11 is 12.0. The minimum absolute atomic E-state index is 0.112. The molecule has 0 aliphatic rings. The number of aromatic nitrogens is 1. The molecular formula is C20H14Cl2FNO3. The highest BCUT2D eigenvalue weighted by molar-refractivity contribution is 6.35. The Balaban J connectivity index is 1.92. The van der Waals surface area contributed by atoms with Crippen molar-refractivity contribution in [1.29, 1.82) is 0 Å². The second kappa shape index (κ2) is 8.37. The summed E-state index contributed by atoms with van der Waals surface area (Å²) in [6.45, 7) is 1.89. The molecule has 0 bridgehead atoms. The van der Waals surface area contributed by atoms with E-state index in [1.807, 2.05) is 0 Å². The number of esters is 1. The van der Waals surface area contributed by atoms with Crippen LogP contribution in [0, 0.1) is 5.82 Å². The van der Waals surface area contributed by atoms with E-state index in [0.717, 1.165) is 6.07 Å². The Labute approximate surface area is 165 Å². The van der Waals surface area contributed by atoms with Gasteiger partial charge < -0.3 is 9.47 Å². The number of hydrogen-bond donors (Lipinski definition) is 0. The van der Waals surface area contributed by atoms with Crippen molar-refractivity contribution in [3.63, 3.8) is 0 Å². The lowest BCUT2D eigenvalue weighted by molar-refractivity contribution is 0.0526. The lowest BCUT2D eigenvalue weighted by Crippen LogP contribution is -2.05. The van der Waals surface area contributed by atoms with E-state index in [-0.39, 0.29) is 18.1 Å². The molecule has 0 spiro atoms. The molecule has 3 aromatic rings. The summed E-state index contributed by atoms with van der Waals surface area (Å²) in [5.41, 5.74) is 0.967. The number of rotatable bonds is 5. The molecule has 0 aliphatic heterocycles. The maximum absolute atomic E-state index is 14.0. The third kappa shape index (κ3) is 4.76. The van der Waals surface area contributed by atoms with Crippen LogP contribution in [0.3, 0.4) is 0 Å². The average molecular weight is 406 g/mol. The Morgan fingerprint density at radius 2 is 1.93 bits per heavy atom. The molecule has 0 saturated heterocycles. The Hall–Kier alpha value is -2.63.